The highest BCUT2D eigenvalue weighted by molar-refractivity contribution is 7.07. The molecule has 160 valence electrons. The molecule has 5 nitrogen and oxygen atoms in total. The molecule has 5 rings (SSSR count). The van der Waals surface area contributed by atoms with Gasteiger partial charge in [0.2, 0.25) is 5.91 Å². The number of aromatic nitrogens is 1. The third kappa shape index (κ3) is 3.39. The van der Waals surface area contributed by atoms with Gasteiger partial charge in [0.15, 0.2) is 0 Å². The third-order valence-electron chi connectivity index (χ3n) is 7.85. The van der Waals surface area contributed by atoms with Crippen molar-refractivity contribution in [3.8, 4) is 0 Å². The zero-order valence-electron chi connectivity index (χ0n) is 17.9. The fraction of sp³-hybridized carbons (Fsp3) is 0.583. The Morgan fingerprint density at radius 2 is 1.87 bits per heavy atom. The maximum absolute atomic E-state index is 13.6. The Bertz CT molecular complexity index is 863. The number of rotatable bonds is 5. The molecule has 2 aromatic rings. The van der Waals surface area contributed by atoms with E-state index in [0.29, 0.717) is 5.91 Å². The van der Waals surface area contributed by atoms with Gasteiger partial charge in [-0.05, 0) is 73.3 Å². The molecule has 2 aromatic heterocycles. The predicted molar refractivity (Wildman–Crippen MR) is 120 cm³/mol. The second-order valence-electron chi connectivity index (χ2n) is 9.41. The molecule has 3 fully saturated rings. The molecule has 0 N–H and O–H groups in total. The Labute approximate surface area is 183 Å². The number of thiophene rings is 1. The van der Waals surface area contributed by atoms with Crippen LogP contribution in [0.4, 0.5) is 0 Å². The Morgan fingerprint density at radius 3 is 2.53 bits per heavy atom. The van der Waals surface area contributed by atoms with Gasteiger partial charge in [-0.15, -0.1) is 0 Å². The molecule has 0 saturated carbocycles. The lowest BCUT2D eigenvalue weighted by atomic mass is 9.60. The maximum atomic E-state index is 13.6. The van der Waals surface area contributed by atoms with Crippen LogP contribution in [0.15, 0.2) is 41.4 Å². The van der Waals surface area contributed by atoms with E-state index in [4.69, 9.17) is 0 Å². The number of pyridine rings is 1. The van der Waals surface area contributed by atoms with E-state index in [1.165, 1.54) is 11.1 Å². The number of fused-ring (bicyclic) bond motifs is 1. The summed E-state index contributed by atoms with van der Waals surface area (Å²) in [5.41, 5.74) is 2.59. The number of carbonyl (C=O) groups excluding carboxylic acids is 1. The Morgan fingerprint density at radius 1 is 1.03 bits per heavy atom. The van der Waals surface area contributed by atoms with Crippen molar-refractivity contribution < 1.29 is 4.79 Å². The Hall–Kier alpha value is -1.76. The number of amides is 1. The SMILES string of the molecule is CCN1CCC2(CN(Cc3cccnc3)CC23CCN(Cc2ccsc2)CC3)C1=O. The normalized spacial score (nSPS) is 27.0. The van der Waals surface area contributed by atoms with Gasteiger partial charge >= 0.3 is 0 Å². The first-order chi connectivity index (χ1) is 14.6. The van der Waals surface area contributed by atoms with E-state index >= 15 is 0 Å². The number of carbonyl (C=O) groups is 1. The summed E-state index contributed by atoms with van der Waals surface area (Å²) in [5, 5.41) is 4.43. The molecule has 5 heterocycles. The van der Waals surface area contributed by atoms with E-state index in [1.807, 2.05) is 18.5 Å². The monoisotopic (exact) mass is 424 g/mol. The molecule has 0 aromatic carbocycles. The van der Waals surface area contributed by atoms with Crippen molar-refractivity contribution >= 4 is 17.2 Å². The van der Waals surface area contributed by atoms with Crippen molar-refractivity contribution in [3.63, 3.8) is 0 Å². The van der Waals surface area contributed by atoms with Crippen LogP contribution in [0.25, 0.3) is 0 Å². The summed E-state index contributed by atoms with van der Waals surface area (Å²) in [6.45, 7) is 9.96. The van der Waals surface area contributed by atoms with Gasteiger partial charge in [-0.2, -0.15) is 11.3 Å². The van der Waals surface area contributed by atoms with Crippen LogP contribution in [0.3, 0.4) is 0 Å². The summed E-state index contributed by atoms with van der Waals surface area (Å²) in [7, 11) is 0. The number of piperidine rings is 1. The van der Waals surface area contributed by atoms with Crippen LogP contribution in [0, 0.1) is 10.8 Å². The summed E-state index contributed by atoms with van der Waals surface area (Å²) < 4.78 is 0. The van der Waals surface area contributed by atoms with Crippen LogP contribution in [0.5, 0.6) is 0 Å². The van der Waals surface area contributed by atoms with E-state index in [1.54, 1.807) is 11.3 Å². The van der Waals surface area contributed by atoms with Crippen LogP contribution < -0.4 is 0 Å². The third-order valence-corrected chi connectivity index (χ3v) is 8.58. The number of likely N-dealkylation sites (tertiary alicyclic amines) is 3. The summed E-state index contributed by atoms with van der Waals surface area (Å²) >= 11 is 1.78. The van der Waals surface area contributed by atoms with Gasteiger partial charge in [-0.3, -0.25) is 19.6 Å². The molecule has 3 saturated heterocycles. The molecule has 3 aliphatic heterocycles. The quantitative estimate of drug-likeness (QED) is 0.737. The molecule has 1 amide bonds. The summed E-state index contributed by atoms with van der Waals surface area (Å²) in [6, 6.07) is 6.41. The van der Waals surface area contributed by atoms with E-state index in [2.05, 4.69) is 49.5 Å². The highest BCUT2D eigenvalue weighted by atomic mass is 32.1. The molecule has 0 bridgehead atoms. The minimum absolute atomic E-state index is 0.112. The van der Waals surface area contributed by atoms with E-state index < -0.39 is 0 Å². The molecular formula is C24H32N4OS. The van der Waals surface area contributed by atoms with Crippen molar-refractivity contribution in [2.24, 2.45) is 10.8 Å². The van der Waals surface area contributed by atoms with Gasteiger partial charge in [-0.1, -0.05) is 6.07 Å². The Kier molecular flexibility index (Phi) is 5.42. The van der Waals surface area contributed by atoms with Crippen LogP contribution in [-0.4, -0.2) is 64.9 Å². The predicted octanol–water partition coefficient (Wildman–Crippen LogP) is 3.48. The van der Waals surface area contributed by atoms with Crippen LogP contribution in [0.1, 0.15) is 37.3 Å². The van der Waals surface area contributed by atoms with Crippen molar-refractivity contribution in [1.29, 1.82) is 0 Å². The minimum atomic E-state index is -0.195. The average molecular weight is 425 g/mol. The molecular weight excluding hydrogens is 392 g/mol. The highest BCUT2D eigenvalue weighted by Crippen LogP contribution is 2.58. The van der Waals surface area contributed by atoms with Crippen molar-refractivity contribution in [2.45, 2.75) is 39.3 Å². The maximum Gasteiger partial charge on any atom is 0.230 e. The standard InChI is InChI=1S/C24H32N4OS/c1-2-28-12-8-24(22(28)29)19-27(15-20-4-3-9-25-14-20)18-23(24)6-10-26(11-7-23)16-21-5-13-30-17-21/h3-5,9,13-14,17H,2,6-8,10-12,15-16,18-19H2,1H3. The lowest BCUT2D eigenvalue weighted by Gasteiger charge is -2.47. The first-order valence-electron chi connectivity index (χ1n) is 11.3. The molecule has 0 radical (unpaired) electrons. The lowest BCUT2D eigenvalue weighted by molar-refractivity contribution is -0.142. The number of nitrogens with zero attached hydrogens (tertiary/aromatic N) is 4. The van der Waals surface area contributed by atoms with Crippen molar-refractivity contribution in [1.82, 2.24) is 19.7 Å². The number of hydrogen-bond donors (Lipinski definition) is 0. The van der Waals surface area contributed by atoms with Gasteiger partial charge in [0.25, 0.3) is 0 Å². The molecule has 0 aliphatic carbocycles. The molecule has 2 spiro atoms. The van der Waals surface area contributed by atoms with Crippen molar-refractivity contribution in [2.75, 3.05) is 39.3 Å². The fourth-order valence-corrected chi connectivity index (χ4v) is 6.90. The van der Waals surface area contributed by atoms with Crippen LogP contribution in [-0.2, 0) is 17.9 Å². The number of hydrogen-bond acceptors (Lipinski definition) is 5. The fourth-order valence-electron chi connectivity index (χ4n) is 6.24. The van der Waals surface area contributed by atoms with Gasteiger partial charge in [0, 0.05) is 57.1 Å². The molecule has 6 heteroatoms. The van der Waals surface area contributed by atoms with E-state index in [-0.39, 0.29) is 10.8 Å². The van der Waals surface area contributed by atoms with Crippen molar-refractivity contribution in [3.05, 3.63) is 52.5 Å². The first kappa shape index (κ1) is 20.2. The van der Waals surface area contributed by atoms with E-state index in [9.17, 15) is 4.79 Å². The van der Waals surface area contributed by atoms with Gasteiger partial charge in [0.1, 0.15) is 0 Å². The topological polar surface area (TPSA) is 39.7 Å². The minimum Gasteiger partial charge on any atom is -0.342 e. The Balaban J connectivity index is 1.36. The smallest absolute Gasteiger partial charge is 0.230 e. The summed E-state index contributed by atoms with van der Waals surface area (Å²) in [4.78, 5) is 25.2. The highest BCUT2D eigenvalue weighted by Gasteiger charge is 2.64. The first-order valence-corrected chi connectivity index (χ1v) is 12.2. The molecule has 30 heavy (non-hydrogen) atoms. The van der Waals surface area contributed by atoms with Gasteiger partial charge in [-0.25, -0.2) is 0 Å². The molecule has 3 aliphatic rings. The summed E-state index contributed by atoms with van der Waals surface area (Å²) in [6.07, 6.45) is 7.08. The van der Waals surface area contributed by atoms with Crippen LogP contribution in [0.2, 0.25) is 0 Å². The molecule has 1 atom stereocenters. The van der Waals surface area contributed by atoms with E-state index in [0.717, 1.165) is 71.6 Å². The largest absolute Gasteiger partial charge is 0.342 e. The van der Waals surface area contributed by atoms with Crippen LogP contribution >= 0.6 is 11.3 Å². The van der Waals surface area contributed by atoms with Gasteiger partial charge < -0.3 is 4.90 Å². The molecule has 1 unspecified atom stereocenters. The average Bonchev–Trinajstić information content (AvgIpc) is 3.46. The zero-order valence-corrected chi connectivity index (χ0v) is 18.7. The second kappa shape index (κ2) is 8.06. The second-order valence-corrected chi connectivity index (χ2v) is 10.2. The van der Waals surface area contributed by atoms with Gasteiger partial charge in [0.05, 0.1) is 5.41 Å². The summed E-state index contributed by atoms with van der Waals surface area (Å²) in [5.74, 6) is 0.421. The lowest BCUT2D eigenvalue weighted by Crippen LogP contribution is -2.52. The zero-order chi connectivity index (χ0) is 20.6.